The van der Waals surface area contributed by atoms with Gasteiger partial charge in [-0.2, -0.15) is 4.98 Å². The predicted octanol–water partition coefficient (Wildman–Crippen LogP) is 0.926. The highest BCUT2D eigenvalue weighted by atomic mass is 16.5. The molecule has 6 nitrogen and oxygen atoms in total. The highest BCUT2D eigenvalue weighted by Crippen LogP contribution is 2.14. The van der Waals surface area contributed by atoms with Gasteiger partial charge in [0.1, 0.15) is 11.6 Å². The summed E-state index contributed by atoms with van der Waals surface area (Å²) >= 11 is 0. The molecule has 2 heterocycles. The predicted molar refractivity (Wildman–Crippen MR) is 73.7 cm³/mol. The molecule has 1 aliphatic heterocycles. The van der Waals surface area contributed by atoms with Crippen molar-refractivity contribution in [2.75, 3.05) is 45.3 Å². The third kappa shape index (κ3) is 4.33. The number of rotatable bonds is 5. The van der Waals surface area contributed by atoms with Crippen molar-refractivity contribution >= 4 is 5.82 Å². The lowest BCUT2D eigenvalue weighted by Gasteiger charge is -2.29. The van der Waals surface area contributed by atoms with Gasteiger partial charge in [0.2, 0.25) is 5.88 Å². The number of anilines is 1. The van der Waals surface area contributed by atoms with Crippen molar-refractivity contribution < 1.29 is 9.47 Å². The number of aromatic nitrogens is 2. The molecule has 1 aromatic rings. The van der Waals surface area contributed by atoms with Crippen LogP contribution < -0.4 is 10.1 Å². The molecule has 1 aliphatic rings. The second kappa shape index (κ2) is 6.68. The Labute approximate surface area is 114 Å². The SMILES string of the molecule is COc1cc(NC(C)CN2CCOCC2)nc(C)n1. The van der Waals surface area contributed by atoms with E-state index < -0.39 is 0 Å². The molecule has 0 bridgehead atoms. The number of ether oxygens (including phenoxy) is 2. The summed E-state index contributed by atoms with van der Waals surface area (Å²) in [5.74, 6) is 2.11. The van der Waals surface area contributed by atoms with Crippen molar-refractivity contribution in [1.29, 1.82) is 0 Å². The Morgan fingerprint density at radius 3 is 2.84 bits per heavy atom. The molecule has 0 amide bonds. The second-order valence-corrected chi connectivity index (χ2v) is 4.80. The standard InChI is InChI=1S/C13H22N4O2/c1-10(9-17-4-6-19-7-5-17)14-12-8-13(18-3)16-11(2)15-12/h8,10H,4-7,9H2,1-3H3,(H,14,15,16). The van der Waals surface area contributed by atoms with E-state index in [0.29, 0.717) is 17.7 Å². The van der Waals surface area contributed by atoms with Crippen LogP contribution in [0.4, 0.5) is 5.82 Å². The molecule has 0 aliphatic carbocycles. The van der Waals surface area contributed by atoms with E-state index in [9.17, 15) is 0 Å². The van der Waals surface area contributed by atoms with Crippen LogP contribution in [0.15, 0.2) is 6.07 Å². The number of nitrogens with one attached hydrogen (secondary N) is 1. The quantitative estimate of drug-likeness (QED) is 0.855. The highest BCUT2D eigenvalue weighted by molar-refractivity contribution is 5.39. The fraction of sp³-hybridized carbons (Fsp3) is 0.692. The van der Waals surface area contributed by atoms with E-state index in [2.05, 4.69) is 27.1 Å². The van der Waals surface area contributed by atoms with Crippen LogP contribution in [0.1, 0.15) is 12.7 Å². The minimum absolute atomic E-state index is 0.317. The Morgan fingerprint density at radius 2 is 2.16 bits per heavy atom. The summed E-state index contributed by atoms with van der Waals surface area (Å²) in [6.45, 7) is 8.64. The Kier molecular flexibility index (Phi) is 4.93. The van der Waals surface area contributed by atoms with Gasteiger partial charge in [-0.15, -0.1) is 0 Å². The lowest BCUT2D eigenvalue weighted by Crippen LogP contribution is -2.42. The van der Waals surface area contributed by atoms with Crippen molar-refractivity contribution in [1.82, 2.24) is 14.9 Å². The summed E-state index contributed by atoms with van der Waals surface area (Å²) < 4.78 is 10.5. The summed E-state index contributed by atoms with van der Waals surface area (Å²) in [4.78, 5) is 10.9. The normalized spacial score (nSPS) is 18.1. The fourth-order valence-corrected chi connectivity index (χ4v) is 2.19. The van der Waals surface area contributed by atoms with Crippen molar-refractivity contribution in [3.8, 4) is 5.88 Å². The Hall–Kier alpha value is -1.40. The van der Waals surface area contributed by atoms with E-state index in [-0.39, 0.29) is 0 Å². The first-order valence-electron chi connectivity index (χ1n) is 6.63. The minimum Gasteiger partial charge on any atom is -0.481 e. The molecule has 1 N–H and O–H groups in total. The molecule has 6 heteroatoms. The second-order valence-electron chi connectivity index (χ2n) is 4.80. The molecular weight excluding hydrogens is 244 g/mol. The minimum atomic E-state index is 0.317. The van der Waals surface area contributed by atoms with Gasteiger partial charge in [0.25, 0.3) is 0 Å². The summed E-state index contributed by atoms with van der Waals surface area (Å²) in [6, 6.07) is 2.14. The molecule has 1 saturated heterocycles. The van der Waals surface area contributed by atoms with Gasteiger partial charge < -0.3 is 14.8 Å². The lowest BCUT2D eigenvalue weighted by atomic mass is 10.3. The van der Waals surface area contributed by atoms with Gasteiger partial charge in [0.15, 0.2) is 0 Å². The zero-order valence-corrected chi connectivity index (χ0v) is 11.8. The van der Waals surface area contributed by atoms with Crippen molar-refractivity contribution in [2.24, 2.45) is 0 Å². The molecule has 106 valence electrons. The van der Waals surface area contributed by atoms with E-state index >= 15 is 0 Å². The van der Waals surface area contributed by atoms with E-state index in [1.807, 2.05) is 13.0 Å². The number of hydrogen-bond donors (Lipinski definition) is 1. The number of methoxy groups -OCH3 is 1. The molecule has 19 heavy (non-hydrogen) atoms. The summed E-state index contributed by atoms with van der Waals surface area (Å²) in [5.41, 5.74) is 0. The van der Waals surface area contributed by atoms with Crippen LogP contribution >= 0.6 is 0 Å². The average molecular weight is 266 g/mol. The van der Waals surface area contributed by atoms with Crippen molar-refractivity contribution in [3.63, 3.8) is 0 Å². The summed E-state index contributed by atoms with van der Waals surface area (Å²) in [6.07, 6.45) is 0. The van der Waals surface area contributed by atoms with Crippen LogP contribution in [0.2, 0.25) is 0 Å². The first-order chi connectivity index (χ1) is 9.17. The molecule has 2 rings (SSSR count). The van der Waals surface area contributed by atoms with Gasteiger partial charge in [-0.25, -0.2) is 4.98 Å². The molecule has 1 unspecified atom stereocenters. The first-order valence-corrected chi connectivity index (χ1v) is 6.63. The van der Waals surface area contributed by atoms with Crippen LogP contribution in [-0.4, -0.2) is 60.9 Å². The topological polar surface area (TPSA) is 59.5 Å². The van der Waals surface area contributed by atoms with E-state index in [0.717, 1.165) is 38.7 Å². The van der Waals surface area contributed by atoms with Crippen LogP contribution in [0.25, 0.3) is 0 Å². The average Bonchev–Trinajstić information content (AvgIpc) is 2.38. The zero-order valence-electron chi connectivity index (χ0n) is 11.8. The van der Waals surface area contributed by atoms with Crippen molar-refractivity contribution in [3.05, 3.63) is 11.9 Å². The molecule has 0 radical (unpaired) electrons. The molecule has 1 aromatic heterocycles. The van der Waals surface area contributed by atoms with E-state index in [1.165, 1.54) is 0 Å². The van der Waals surface area contributed by atoms with Gasteiger partial charge in [-0.1, -0.05) is 0 Å². The van der Waals surface area contributed by atoms with Gasteiger partial charge in [0, 0.05) is 31.7 Å². The summed E-state index contributed by atoms with van der Waals surface area (Å²) in [5, 5.41) is 3.39. The van der Waals surface area contributed by atoms with Crippen LogP contribution in [-0.2, 0) is 4.74 Å². The van der Waals surface area contributed by atoms with Crippen LogP contribution in [0, 0.1) is 6.92 Å². The molecular formula is C13H22N4O2. The third-order valence-corrected chi connectivity index (χ3v) is 3.05. The molecule has 1 atom stereocenters. The monoisotopic (exact) mass is 266 g/mol. The molecule has 0 saturated carbocycles. The lowest BCUT2D eigenvalue weighted by molar-refractivity contribution is 0.0368. The Morgan fingerprint density at radius 1 is 1.42 bits per heavy atom. The molecule has 0 aromatic carbocycles. The highest BCUT2D eigenvalue weighted by Gasteiger charge is 2.14. The third-order valence-electron chi connectivity index (χ3n) is 3.05. The Balaban J connectivity index is 1.90. The van der Waals surface area contributed by atoms with Gasteiger partial charge in [0.05, 0.1) is 20.3 Å². The number of aryl methyl sites for hydroxylation is 1. The van der Waals surface area contributed by atoms with Gasteiger partial charge in [-0.3, -0.25) is 4.90 Å². The fourth-order valence-electron chi connectivity index (χ4n) is 2.19. The number of nitrogens with zero attached hydrogens (tertiary/aromatic N) is 3. The molecule has 0 spiro atoms. The Bertz CT molecular complexity index is 408. The van der Waals surface area contributed by atoms with E-state index in [1.54, 1.807) is 7.11 Å². The largest absolute Gasteiger partial charge is 0.481 e. The number of morpholine rings is 1. The summed E-state index contributed by atoms with van der Waals surface area (Å²) in [7, 11) is 1.61. The maximum atomic E-state index is 5.35. The smallest absolute Gasteiger partial charge is 0.218 e. The van der Waals surface area contributed by atoms with Gasteiger partial charge >= 0.3 is 0 Å². The van der Waals surface area contributed by atoms with E-state index in [4.69, 9.17) is 9.47 Å². The maximum Gasteiger partial charge on any atom is 0.218 e. The number of hydrogen-bond acceptors (Lipinski definition) is 6. The van der Waals surface area contributed by atoms with Crippen LogP contribution in [0.5, 0.6) is 5.88 Å². The van der Waals surface area contributed by atoms with Gasteiger partial charge in [-0.05, 0) is 13.8 Å². The van der Waals surface area contributed by atoms with Crippen LogP contribution in [0.3, 0.4) is 0 Å². The molecule has 1 fully saturated rings. The zero-order chi connectivity index (χ0) is 13.7. The first kappa shape index (κ1) is 14.0. The van der Waals surface area contributed by atoms with Crippen molar-refractivity contribution in [2.45, 2.75) is 19.9 Å². The maximum absolute atomic E-state index is 5.35.